The van der Waals surface area contributed by atoms with Crippen molar-refractivity contribution in [3.63, 3.8) is 0 Å². The third-order valence-corrected chi connectivity index (χ3v) is 7.29. The standard InChI is InChI=1S/C20H30.H2O/c1-20-13-6-2-3-9-19(20)18-11-10-15-7-4-5-8-16(15)17(18)12-14-20;/h2,6-7,16-19H,3-5,8-14H2,1H3;1H2/t16-,17?,18?,19?,20-;/m0./s1. The highest BCUT2D eigenvalue weighted by molar-refractivity contribution is 5.17. The van der Waals surface area contributed by atoms with E-state index in [0.717, 1.165) is 23.7 Å². The van der Waals surface area contributed by atoms with Gasteiger partial charge in [0, 0.05) is 0 Å². The van der Waals surface area contributed by atoms with Gasteiger partial charge < -0.3 is 5.48 Å². The van der Waals surface area contributed by atoms with E-state index < -0.39 is 0 Å². The zero-order valence-corrected chi connectivity index (χ0v) is 13.6. The molecule has 21 heavy (non-hydrogen) atoms. The molecule has 0 aliphatic heterocycles. The maximum Gasteiger partial charge on any atom is -0.0172 e. The van der Waals surface area contributed by atoms with Crippen LogP contribution < -0.4 is 0 Å². The third kappa shape index (κ3) is 2.52. The first-order chi connectivity index (χ1) is 9.78. The van der Waals surface area contributed by atoms with Crippen molar-refractivity contribution in [3.05, 3.63) is 23.8 Å². The van der Waals surface area contributed by atoms with Gasteiger partial charge in [0.25, 0.3) is 0 Å². The normalized spacial score (nSPS) is 45.3. The quantitative estimate of drug-likeness (QED) is 0.557. The van der Waals surface area contributed by atoms with Crippen molar-refractivity contribution in [2.45, 2.75) is 71.1 Å². The lowest BCUT2D eigenvalue weighted by Gasteiger charge is -2.54. The van der Waals surface area contributed by atoms with Crippen molar-refractivity contribution < 1.29 is 5.48 Å². The fourth-order valence-electron chi connectivity index (χ4n) is 6.26. The topological polar surface area (TPSA) is 31.5 Å². The lowest BCUT2D eigenvalue weighted by atomic mass is 9.50. The number of rotatable bonds is 0. The van der Waals surface area contributed by atoms with E-state index in [0.29, 0.717) is 5.41 Å². The molecule has 2 fully saturated rings. The van der Waals surface area contributed by atoms with Crippen molar-refractivity contribution in [1.82, 2.24) is 0 Å². The molecule has 5 atom stereocenters. The summed E-state index contributed by atoms with van der Waals surface area (Å²) in [4.78, 5) is 0. The van der Waals surface area contributed by atoms with Gasteiger partial charge in [-0.2, -0.15) is 0 Å². The van der Waals surface area contributed by atoms with Gasteiger partial charge in [-0.15, -0.1) is 0 Å². The van der Waals surface area contributed by atoms with Crippen LogP contribution in [0.4, 0.5) is 0 Å². The van der Waals surface area contributed by atoms with E-state index >= 15 is 0 Å². The first-order valence-corrected chi connectivity index (χ1v) is 9.12. The molecule has 0 aromatic heterocycles. The van der Waals surface area contributed by atoms with Crippen LogP contribution in [0.25, 0.3) is 0 Å². The maximum atomic E-state index is 2.62. The Morgan fingerprint density at radius 1 is 1.00 bits per heavy atom. The fraction of sp³-hybridized carbons (Fsp3) is 0.800. The van der Waals surface area contributed by atoms with Crippen molar-refractivity contribution in [1.29, 1.82) is 0 Å². The molecule has 4 aliphatic carbocycles. The van der Waals surface area contributed by atoms with Crippen LogP contribution in [0.2, 0.25) is 0 Å². The lowest BCUT2D eigenvalue weighted by molar-refractivity contribution is -0.0221. The Morgan fingerprint density at radius 3 is 2.81 bits per heavy atom. The molecule has 2 N–H and O–H groups in total. The molecule has 2 saturated carbocycles. The molecule has 0 amide bonds. The molecule has 1 heteroatoms. The highest BCUT2D eigenvalue weighted by Gasteiger charge is 2.49. The highest BCUT2D eigenvalue weighted by atomic mass is 16.0. The zero-order chi connectivity index (χ0) is 13.6. The average Bonchev–Trinajstić information content (AvgIpc) is 2.68. The molecule has 1 nitrogen and oxygen atoms in total. The van der Waals surface area contributed by atoms with Gasteiger partial charge in [0.2, 0.25) is 0 Å². The molecule has 0 saturated heterocycles. The second-order valence-electron chi connectivity index (χ2n) is 8.23. The van der Waals surface area contributed by atoms with Crippen LogP contribution in [0.1, 0.15) is 71.1 Å². The van der Waals surface area contributed by atoms with Gasteiger partial charge in [0.15, 0.2) is 0 Å². The summed E-state index contributed by atoms with van der Waals surface area (Å²) >= 11 is 0. The van der Waals surface area contributed by atoms with Gasteiger partial charge in [0.1, 0.15) is 0 Å². The van der Waals surface area contributed by atoms with Gasteiger partial charge in [0.05, 0.1) is 0 Å². The van der Waals surface area contributed by atoms with Crippen molar-refractivity contribution in [3.8, 4) is 0 Å². The monoisotopic (exact) mass is 288 g/mol. The molecule has 0 aromatic carbocycles. The molecular formula is C20H32O. The maximum absolute atomic E-state index is 2.62. The Kier molecular flexibility index (Phi) is 4.32. The molecule has 0 spiro atoms. The van der Waals surface area contributed by atoms with Crippen molar-refractivity contribution >= 4 is 0 Å². The van der Waals surface area contributed by atoms with E-state index in [1.54, 1.807) is 0 Å². The zero-order valence-electron chi connectivity index (χ0n) is 13.6. The Balaban J connectivity index is 0.00000132. The molecule has 0 heterocycles. The van der Waals surface area contributed by atoms with E-state index in [4.69, 9.17) is 0 Å². The minimum atomic E-state index is 0. The molecular weight excluding hydrogens is 256 g/mol. The molecule has 0 radical (unpaired) electrons. The van der Waals surface area contributed by atoms with Crippen LogP contribution in [0, 0.1) is 29.1 Å². The number of fused-ring (bicyclic) bond motifs is 5. The van der Waals surface area contributed by atoms with Crippen LogP contribution in [-0.4, -0.2) is 5.48 Å². The minimum Gasteiger partial charge on any atom is -0.412 e. The summed E-state index contributed by atoms with van der Waals surface area (Å²) in [5, 5.41) is 0. The second-order valence-corrected chi connectivity index (χ2v) is 8.23. The average molecular weight is 288 g/mol. The second kappa shape index (κ2) is 5.91. The molecule has 118 valence electrons. The molecule has 0 aromatic rings. The predicted molar refractivity (Wildman–Crippen MR) is 89.1 cm³/mol. The predicted octanol–water partition coefficient (Wildman–Crippen LogP) is 5.07. The number of hydrogen-bond acceptors (Lipinski definition) is 0. The van der Waals surface area contributed by atoms with E-state index in [1.165, 1.54) is 64.2 Å². The third-order valence-electron chi connectivity index (χ3n) is 7.29. The summed E-state index contributed by atoms with van der Waals surface area (Å²) in [6.07, 6.45) is 22.0. The van der Waals surface area contributed by atoms with Crippen LogP contribution in [0.3, 0.4) is 0 Å². The van der Waals surface area contributed by atoms with Crippen LogP contribution >= 0.6 is 0 Å². The van der Waals surface area contributed by atoms with Crippen LogP contribution in [0.5, 0.6) is 0 Å². The van der Waals surface area contributed by atoms with Gasteiger partial charge in [-0.05, 0) is 93.3 Å². The van der Waals surface area contributed by atoms with Gasteiger partial charge >= 0.3 is 0 Å². The fourth-order valence-corrected chi connectivity index (χ4v) is 6.26. The van der Waals surface area contributed by atoms with E-state index in [1.807, 2.05) is 5.57 Å². The van der Waals surface area contributed by atoms with Crippen molar-refractivity contribution in [2.24, 2.45) is 29.1 Å². The van der Waals surface area contributed by atoms with Gasteiger partial charge in [-0.25, -0.2) is 0 Å². The summed E-state index contributed by atoms with van der Waals surface area (Å²) in [7, 11) is 0. The lowest BCUT2D eigenvalue weighted by Crippen LogP contribution is -2.46. The Morgan fingerprint density at radius 2 is 1.90 bits per heavy atom. The Bertz CT molecular complexity index is 435. The highest BCUT2D eigenvalue weighted by Crippen LogP contribution is 2.59. The number of allylic oxidation sites excluding steroid dienone is 4. The first-order valence-electron chi connectivity index (χ1n) is 9.12. The first kappa shape index (κ1) is 15.3. The summed E-state index contributed by atoms with van der Waals surface area (Å²) < 4.78 is 0. The Hall–Kier alpha value is -0.560. The van der Waals surface area contributed by atoms with Gasteiger partial charge in [-0.3, -0.25) is 0 Å². The number of hydrogen-bond donors (Lipinski definition) is 0. The van der Waals surface area contributed by atoms with Gasteiger partial charge in [-0.1, -0.05) is 30.7 Å². The van der Waals surface area contributed by atoms with E-state index in [-0.39, 0.29) is 5.48 Å². The smallest absolute Gasteiger partial charge is 0.0172 e. The van der Waals surface area contributed by atoms with Crippen LogP contribution in [-0.2, 0) is 0 Å². The SMILES string of the molecule is C[C@@]12CC=CCCC1C1CCC3=CCCC[C@@H]3C1CC2.O. The summed E-state index contributed by atoms with van der Waals surface area (Å²) in [6, 6.07) is 0. The summed E-state index contributed by atoms with van der Waals surface area (Å²) in [5.41, 5.74) is 2.50. The molecule has 4 aliphatic rings. The van der Waals surface area contributed by atoms with E-state index in [2.05, 4.69) is 25.2 Å². The Labute approximate surface area is 130 Å². The minimum absolute atomic E-state index is 0. The summed E-state index contributed by atoms with van der Waals surface area (Å²) in [6.45, 7) is 2.61. The largest absolute Gasteiger partial charge is 0.412 e. The van der Waals surface area contributed by atoms with Crippen molar-refractivity contribution in [2.75, 3.05) is 0 Å². The summed E-state index contributed by atoms with van der Waals surface area (Å²) in [5.74, 6) is 4.10. The van der Waals surface area contributed by atoms with Crippen LogP contribution in [0.15, 0.2) is 23.8 Å². The van der Waals surface area contributed by atoms with E-state index in [9.17, 15) is 0 Å². The molecule has 4 rings (SSSR count). The molecule has 3 unspecified atom stereocenters. The molecule has 0 bridgehead atoms.